The van der Waals surface area contributed by atoms with E-state index in [1.165, 1.54) is 4.90 Å². The molecule has 0 aliphatic carbocycles. The van der Waals surface area contributed by atoms with Crippen molar-refractivity contribution in [3.63, 3.8) is 0 Å². The van der Waals surface area contributed by atoms with E-state index in [2.05, 4.69) is 0 Å². The van der Waals surface area contributed by atoms with Crippen LogP contribution in [0.1, 0.15) is 19.3 Å². The van der Waals surface area contributed by atoms with Gasteiger partial charge in [-0.3, -0.25) is 4.79 Å². The zero-order chi connectivity index (χ0) is 22.2. The number of carbonyl (C=O) groups excluding carboxylic acids is 1. The van der Waals surface area contributed by atoms with Crippen molar-refractivity contribution in [3.8, 4) is 0 Å². The number of halogens is 1. The fourth-order valence-electron chi connectivity index (χ4n) is 4.29. The van der Waals surface area contributed by atoms with Crippen LogP contribution in [0.15, 0.2) is 41.3 Å². The molecule has 2 fully saturated rings. The van der Waals surface area contributed by atoms with Gasteiger partial charge in [-0.1, -0.05) is 23.7 Å². The average molecular weight is 483 g/mol. The number of amides is 2. The highest BCUT2D eigenvalue weighted by atomic mass is 35.5. The Morgan fingerprint density at radius 1 is 1.13 bits per heavy atom. The number of fused-ring (bicyclic) bond motifs is 1. The standard InChI is InChI=1S/C21H23ClN2O5S2/c22-17-4-2-16-13-18(5-3-15(16)12-17)31(28,29)11-1-8-24-19(25)14-30-21(24)6-9-23(10-7-21)20(26)27/h2-5,12-13H,1,6-11,14H2,(H,26,27). The summed E-state index contributed by atoms with van der Waals surface area (Å²) in [6, 6.07) is 10.3. The van der Waals surface area contributed by atoms with E-state index < -0.39 is 20.8 Å². The van der Waals surface area contributed by atoms with Crippen molar-refractivity contribution in [1.29, 1.82) is 0 Å². The SMILES string of the molecule is O=C(O)N1CCC2(CC1)SCC(=O)N2CCCS(=O)(=O)c1ccc2cc(Cl)ccc2c1. The van der Waals surface area contributed by atoms with Gasteiger partial charge in [-0.25, -0.2) is 13.2 Å². The van der Waals surface area contributed by atoms with E-state index in [0.29, 0.717) is 49.7 Å². The molecule has 0 aromatic heterocycles. The monoisotopic (exact) mass is 482 g/mol. The molecule has 2 aliphatic heterocycles. The number of thioether (sulfide) groups is 1. The molecule has 0 bridgehead atoms. The van der Waals surface area contributed by atoms with Crippen molar-refractivity contribution in [2.45, 2.75) is 29.0 Å². The van der Waals surface area contributed by atoms with Crippen LogP contribution < -0.4 is 0 Å². The molecule has 31 heavy (non-hydrogen) atoms. The van der Waals surface area contributed by atoms with Gasteiger partial charge in [0.1, 0.15) is 0 Å². The van der Waals surface area contributed by atoms with Gasteiger partial charge in [-0.05, 0) is 54.3 Å². The molecule has 166 valence electrons. The van der Waals surface area contributed by atoms with Crippen molar-refractivity contribution in [1.82, 2.24) is 9.80 Å². The molecule has 0 saturated carbocycles. The summed E-state index contributed by atoms with van der Waals surface area (Å²) in [6.07, 6.45) is 0.516. The summed E-state index contributed by atoms with van der Waals surface area (Å²) in [5.41, 5.74) is 0. The summed E-state index contributed by atoms with van der Waals surface area (Å²) < 4.78 is 25.8. The van der Waals surface area contributed by atoms with Crippen LogP contribution in [-0.2, 0) is 14.6 Å². The number of carboxylic acid groups (broad SMARTS) is 1. The van der Waals surface area contributed by atoms with Crippen molar-refractivity contribution in [2.24, 2.45) is 0 Å². The lowest BCUT2D eigenvalue weighted by Gasteiger charge is -2.43. The van der Waals surface area contributed by atoms with Crippen LogP contribution in [0.3, 0.4) is 0 Å². The number of benzene rings is 2. The fraction of sp³-hybridized carbons (Fsp3) is 0.429. The van der Waals surface area contributed by atoms with Crippen molar-refractivity contribution in [2.75, 3.05) is 31.1 Å². The van der Waals surface area contributed by atoms with Crippen molar-refractivity contribution >= 4 is 56.0 Å². The maximum absolute atomic E-state index is 12.9. The Hall–Kier alpha value is -1.97. The van der Waals surface area contributed by atoms with E-state index in [1.807, 2.05) is 0 Å². The minimum atomic E-state index is -3.50. The van der Waals surface area contributed by atoms with Gasteiger partial charge >= 0.3 is 6.09 Å². The van der Waals surface area contributed by atoms with Gasteiger partial charge in [0.15, 0.2) is 9.84 Å². The van der Waals surface area contributed by atoms with Crippen molar-refractivity contribution in [3.05, 3.63) is 41.4 Å². The third-order valence-corrected chi connectivity index (χ3v) is 9.59. The Kier molecular flexibility index (Phi) is 6.11. The Labute approximate surface area is 190 Å². The van der Waals surface area contributed by atoms with Gasteiger partial charge in [0.25, 0.3) is 0 Å². The lowest BCUT2D eigenvalue weighted by atomic mass is 10.0. The number of hydrogen-bond acceptors (Lipinski definition) is 5. The van der Waals surface area contributed by atoms with E-state index in [1.54, 1.807) is 53.1 Å². The number of nitrogens with zero attached hydrogens (tertiary/aromatic N) is 2. The normalized spacial score (nSPS) is 18.8. The fourth-order valence-corrected chi connectivity index (χ4v) is 7.16. The molecular formula is C21H23ClN2O5S2. The van der Waals surface area contributed by atoms with Crippen LogP contribution >= 0.6 is 23.4 Å². The second kappa shape index (κ2) is 8.52. The Bertz CT molecular complexity index is 1130. The Morgan fingerprint density at radius 2 is 1.81 bits per heavy atom. The van der Waals surface area contributed by atoms with Gasteiger partial charge < -0.3 is 14.9 Å². The number of likely N-dealkylation sites (tertiary alicyclic amines) is 1. The highest BCUT2D eigenvalue weighted by Gasteiger charge is 2.48. The maximum Gasteiger partial charge on any atom is 0.407 e. The molecule has 2 amide bonds. The summed E-state index contributed by atoms with van der Waals surface area (Å²) >= 11 is 7.54. The Balaban J connectivity index is 1.42. The lowest BCUT2D eigenvalue weighted by Crippen LogP contribution is -2.53. The highest BCUT2D eigenvalue weighted by molar-refractivity contribution is 8.01. The number of rotatable bonds is 5. The molecule has 7 nitrogen and oxygen atoms in total. The minimum Gasteiger partial charge on any atom is -0.465 e. The maximum atomic E-state index is 12.9. The number of piperidine rings is 1. The molecule has 4 rings (SSSR count). The molecule has 2 aliphatic rings. The predicted octanol–water partition coefficient (Wildman–Crippen LogP) is 3.70. The van der Waals surface area contributed by atoms with Crippen LogP contribution in [0, 0.1) is 0 Å². The smallest absolute Gasteiger partial charge is 0.407 e. The van der Waals surface area contributed by atoms with Crippen LogP contribution in [0.25, 0.3) is 10.8 Å². The molecule has 2 heterocycles. The lowest BCUT2D eigenvalue weighted by molar-refractivity contribution is -0.131. The van der Waals surface area contributed by atoms with Crippen LogP contribution in [-0.4, -0.2) is 71.3 Å². The van der Waals surface area contributed by atoms with Gasteiger partial charge in [-0.15, -0.1) is 11.8 Å². The molecule has 1 spiro atoms. The summed E-state index contributed by atoms with van der Waals surface area (Å²) in [7, 11) is -3.50. The van der Waals surface area contributed by atoms with E-state index >= 15 is 0 Å². The number of carbonyl (C=O) groups is 2. The summed E-state index contributed by atoms with van der Waals surface area (Å²) in [6.45, 7) is 1.11. The quantitative estimate of drug-likeness (QED) is 0.698. The number of sulfone groups is 1. The second-order valence-corrected chi connectivity index (χ2v) is 11.8. The first-order valence-corrected chi connectivity index (χ1v) is 13.1. The van der Waals surface area contributed by atoms with Gasteiger partial charge in [-0.2, -0.15) is 0 Å². The topological polar surface area (TPSA) is 95.0 Å². The highest BCUT2D eigenvalue weighted by Crippen LogP contribution is 2.44. The van der Waals surface area contributed by atoms with E-state index in [0.717, 1.165) is 10.8 Å². The molecule has 2 aromatic carbocycles. The molecule has 0 radical (unpaired) electrons. The molecule has 1 N–H and O–H groups in total. The molecule has 2 saturated heterocycles. The third kappa shape index (κ3) is 4.49. The van der Waals surface area contributed by atoms with Crippen LogP contribution in [0.2, 0.25) is 5.02 Å². The Morgan fingerprint density at radius 3 is 2.52 bits per heavy atom. The van der Waals surface area contributed by atoms with Crippen LogP contribution in [0.4, 0.5) is 4.79 Å². The first-order chi connectivity index (χ1) is 14.7. The minimum absolute atomic E-state index is 0.00578. The predicted molar refractivity (Wildman–Crippen MR) is 121 cm³/mol. The summed E-state index contributed by atoms with van der Waals surface area (Å²) in [4.78, 5) is 26.6. The largest absolute Gasteiger partial charge is 0.465 e. The first-order valence-electron chi connectivity index (χ1n) is 10.0. The van der Waals surface area contributed by atoms with Crippen molar-refractivity contribution < 1.29 is 23.1 Å². The molecule has 2 aromatic rings. The van der Waals surface area contributed by atoms with Gasteiger partial charge in [0.2, 0.25) is 5.91 Å². The first kappa shape index (κ1) is 22.2. The summed E-state index contributed by atoms with van der Waals surface area (Å²) in [5, 5.41) is 11.5. The van der Waals surface area contributed by atoms with Gasteiger partial charge in [0, 0.05) is 24.7 Å². The zero-order valence-corrected chi connectivity index (χ0v) is 19.2. The average Bonchev–Trinajstić information content (AvgIpc) is 3.03. The second-order valence-electron chi connectivity index (χ2n) is 7.88. The third-order valence-electron chi connectivity index (χ3n) is 6.00. The summed E-state index contributed by atoms with van der Waals surface area (Å²) in [5.74, 6) is 0.291. The molecular weight excluding hydrogens is 460 g/mol. The zero-order valence-electron chi connectivity index (χ0n) is 16.8. The van der Waals surface area contributed by atoms with E-state index in [4.69, 9.17) is 11.6 Å². The molecule has 0 unspecified atom stereocenters. The molecule has 0 atom stereocenters. The van der Waals surface area contributed by atoms with E-state index in [-0.39, 0.29) is 16.6 Å². The molecule has 10 heteroatoms. The van der Waals surface area contributed by atoms with E-state index in [9.17, 15) is 23.1 Å². The number of hydrogen-bond donors (Lipinski definition) is 1. The van der Waals surface area contributed by atoms with Crippen LogP contribution in [0.5, 0.6) is 0 Å². The van der Waals surface area contributed by atoms with Gasteiger partial charge in [0.05, 0.1) is 21.3 Å².